The highest BCUT2D eigenvalue weighted by Crippen LogP contribution is 2.17. The minimum Gasteiger partial charge on any atom is -0.466 e. The second-order valence-electron chi connectivity index (χ2n) is 5.20. The van der Waals surface area contributed by atoms with Crippen molar-refractivity contribution in [3.05, 3.63) is 65.0 Å². The van der Waals surface area contributed by atoms with Gasteiger partial charge in [0.2, 0.25) is 5.91 Å². The van der Waals surface area contributed by atoms with Crippen molar-refractivity contribution < 1.29 is 14.3 Å². The average Bonchev–Trinajstić information content (AvgIpc) is 2.63. The number of esters is 1. The first-order valence-electron chi connectivity index (χ1n) is 7.78. The first-order chi connectivity index (χ1) is 12.1. The fourth-order valence-corrected chi connectivity index (χ4v) is 2.25. The smallest absolute Gasteiger partial charge is 0.309 e. The van der Waals surface area contributed by atoms with Crippen LogP contribution in [0.3, 0.4) is 0 Å². The normalized spacial score (nSPS) is 11.5. The zero-order valence-corrected chi connectivity index (χ0v) is 13.9. The summed E-state index contributed by atoms with van der Waals surface area (Å²) in [7, 11) is 0. The average molecular weight is 354 g/mol. The predicted octanol–water partition coefficient (Wildman–Crippen LogP) is 2.63. The lowest BCUT2D eigenvalue weighted by Crippen LogP contribution is -2.30. The monoisotopic (exact) mass is 354 g/mol. The molecule has 1 N–H and O–H groups in total. The Morgan fingerprint density at radius 2 is 2.00 bits per heavy atom. The van der Waals surface area contributed by atoms with Gasteiger partial charge in [-0.15, -0.1) is 0 Å². The maximum atomic E-state index is 11.1. The highest BCUT2D eigenvalue weighted by atomic mass is 16.5. The Morgan fingerprint density at radius 1 is 1.27 bits per heavy atom. The van der Waals surface area contributed by atoms with Gasteiger partial charge in [-0.05, 0) is 35.7 Å². The summed E-state index contributed by atoms with van der Waals surface area (Å²) in [6.07, 6.45) is 7.14. The molecule has 1 aliphatic rings. The van der Waals surface area contributed by atoms with E-state index in [-0.39, 0.29) is 25.7 Å². The molecule has 26 heavy (non-hydrogen) atoms. The second-order valence-corrected chi connectivity index (χ2v) is 5.20. The fraction of sp³-hybridized carbons (Fsp3) is 0.316. The van der Waals surface area contributed by atoms with E-state index in [9.17, 15) is 9.59 Å². The third kappa shape index (κ3) is 5.98. The first-order valence-corrected chi connectivity index (χ1v) is 7.78. The van der Waals surface area contributed by atoms with Crippen LogP contribution in [0.4, 0.5) is 5.69 Å². The Morgan fingerprint density at radius 3 is 2.73 bits per heavy atom. The van der Waals surface area contributed by atoms with Gasteiger partial charge >= 0.3 is 5.97 Å². The van der Waals surface area contributed by atoms with Gasteiger partial charge in [-0.3, -0.25) is 19.6 Å². The molecule has 0 fully saturated rings. The van der Waals surface area contributed by atoms with E-state index in [2.05, 4.69) is 20.1 Å². The van der Waals surface area contributed by atoms with Crippen LogP contribution in [0.15, 0.2) is 36.9 Å². The van der Waals surface area contributed by atoms with Crippen LogP contribution < -0.4 is 5.32 Å². The van der Waals surface area contributed by atoms with Crippen molar-refractivity contribution in [3.8, 4) is 0 Å². The maximum absolute atomic E-state index is 11.1. The molecule has 0 unspecified atom stereocenters. The number of rotatable bonds is 3. The number of hydrogen-bond donors (Lipinski definition) is 1. The number of carbonyl (C=O) groups excluding carboxylic acids is 2. The standard InChI is InChI=1S/C10H10N2O2.C8H8N2O.CH4/c1-3-14-10(13)6-8-7-12-5-4-9(8)11-2;11-8-3-7-4-9-2-1-6(7)5-10-8;/h4-5,7H,3,6H2,1H3;1-2,4H,3,5H2,(H,10,11);1H4. The van der Waals surface area contributed by atoms with Gasteiger partial charge in [0.15, 0.2) is 5.69 Å². The molecule has 0 radical (unpaired) electrons. The van der Waals surface area contributed by atoms with Crippen molar-refractivity contribution in [2.24, 2.45) is 0 Å². The van der Waals surface area contributed by atoms with E-state index >= 15 is 0 Å². The van der Waals surface area contributed by atoms with E-state index in [1.165, 1.54) is 18.0 Å². The van der Waals surface area contributed by atoms with Crippen LogP contribution in [0, 0.1) is 6.57 Å². The molecule has 136 valence electrons. The molecule has 0 saturated carbocycles. The van der Waals surface area contributed by atoms with Crippen LogP contribution in [-0.4, -0.2) is 28.5 Å². The van der Waals surface area contributed by atoms with Crippen LogP contribution in [0.2, 0.25) is 0 Å². The van der Waals surface area contributed by atoms with Crippen molar-refractivity contribution in [2.45, 2.75) is 33.7 Å². The van der Waals surface area contributed by atoms with Crippen LogP contribution >= 0.6 is 0 Å². The van der Waals surface area contributed by atoms with E-state index in [0.29, 0.717) is 30.8 Å². The number of nitrogens with zero attached hydrogens (tertiary/aromatic N) is 3. The molecule has 7 nitrogen and oxygen atoms in total. The number of aromatic nitrogens is 2. The molecule has 0 atom stereocenters. The molecule has 3 heterocycles. The molecule has 1 aliphatic heterocycles. The van der Waals surface area contributed by atoms with Gasteiger partial charge in [0.25, 0.3) is 0 Å². The summed E-state index contributed by atoms with van der Waals surface area (Å²) < 4.78 is 4.78. The molecule has 0 aromatic carbocycles. The quantitative estimate of drug-likeness (QED) is 0.676. The summed E-state index contributed by atoms with van der Waals surface area (Å²) in [4.78, 5) is 33.1. The Hall–Kier alpha value is -3.27. The second kappa shape index (κ2) is 10.6. The maximum Gasteiger partial charge on any atom is 0.309 e. The Labute approximate surface area is 153 Å². The van der Waals surface area contributed by atoms with Gasteiger partial charge in [0.05, 0.1) is 26.0 Å². The lowest BCUT2D eigenvalue weighted by molar-refractivity contribution is -0.142. The topological polar surface area (TPSA) is 85.5 Å². The minimum absolute atomic E-state index is 0. The molecule has 0 saturated heterocycles. The van der Waals surface area contributed by atoms with Crippen molar-refractivity contribution >= 4 is 17.6 Å². The molecular weight excluding hydrogens is 332 g/mol. The zero-order chi connectivity index (χ0) is 18.1. The highest BCUT2D eigenvalue weighted by Gasteiger charge is 2.13. The van der Waals surface area contributed by atoms with Gasteiger partial charge in [-0.25, -0.2) is 4.85 Å². The van der Waals surface area contributed by atoms with E-state index < -0.39 is 0 Å². The molecule has 0 aliphatic carbocycles. The van der Waals surface area contributed by atoms with Gasteiger partial charge in [0.1, 0.15) is 0 Å². The van der Waals surface area contributed by atoms with Crippen LogP contribution in [0.1, 0.15) is 31.0 Å². The van der Waals surface area contributed by atoms with Gasteiger partial charge in [0, 0.05) is 31.3 Å². The van der Waals surface area contributed by atoms with Crippen molar-refractivity contribution in [2.75, 3.05) is 6.61 Å². The van der Waals surface area contributed by atoms with Gasteiger partial charge < -0.3 is 10.1 Å². The number of hydrogen-bond acceptors (Lipinski definition) is 5. The summed E-state index contributed by atoms with van der Waals surface area (Å²) in [6, 6.07) is 3.52. The molecule has 2 aromatic rings. The first kappa shape index (κ1) is 20.8. The van der Waals surface area contributed by atoms with Crippen molar-refractivity contribution in [1.82, 2.24) is 15.3 Å². The van der Waals surface area contributed by atoms with Crippen LogP contribution in [0.5, 0.6) is 0 Å². The highest BCUT2D eigenvalue weighted by molar-refractivity contribution is 5.80. The van der Waals surface area contributed by atoms with Crippen molar-refractivity contribution in [1.29, 1.82) is 0 Å². The molecule has 3 rings (SSSR count). The van der Waals surface area contributed by atoms with Crippen molar-refractivity contribution in [3.63, 3.8) is 0 Å². The van der Waals surface area contributed by atoms with E-state index in [0.717, 1.165) is 5.56 Å². The molecule has 1 amide bonds. The van der Waals surface area contributed by atoms with E-state index in [1.54, 1.807) is 25.4 Å². The number of amides is 1. The third-order valence-corrected chi connectivity index (χ3v) is 3.47. The summed E-state index contributed by atoms with van der Waals surface area (Å²) in [5.41, 5.74) is 3.30. The molecule has 0 bridgehead atoms. The van der Waals surface area contributed by atoms with E-state index in [1.807, 2.05) is 6.07 Å². The lowest BCUT2D eigenvalue weighted by Gasteiger charge is -2.14. The summed E-state index contributed by atoms with van der Waals surface area (Å²) in [6.45, 7) is 9.63. The molecule has 0 spiro atoms. The number of ether oxygens (including phenoxy) is 1. The Kier molecular flexibility index (Phi) is 8.44. The SMILES string of the molecule is C.O=C1Cc2cnccc2CN1.[C-]#[N+]c1ccncc1CC(=O)OCC. The molecule has 2 aromatic heterocycles. The zero-order valence-electron chi connectivity index (χ0n) is 13.9. The number of carbonyl (C=O) groups is 2. The van der Waals surface area contributed by atoms with Crippen LogP contribution in [0.25, 0.3) is 4.85 Å². The summed E-state index contributed by atoms with van der Waals surface area (Å²) >= 11 is 0. The number of fused-ring (bicyclic) bond motifs is 1. The number of nitrogens with one attached hydrogen (secondary N) is 1. The largest absolute Gasteiger partial charge is 0.466 e. The summed E-state index contributed by atoms with van der Waals surface area (Å²) in [5, 5.41) is 2.77. The fourth-order valence-electron chi connectivity index (χ4n) is 2.25. The summed E-state index contributed by atoms with van der Waals surface area (Å²) in [5.74, 6) is -0.240. The lowest BCUT2D eigenvalue weighted by atomic mass is 10.0. The Bertz CT molecular complexity index is 799. The minimum atomic E-state index is -0.328. The number of pyridine rings is 2. The molecule has 7 heteroatoms. The molecular formula is C19H22N4O3. The van der Waals surface area contributed by atoms with Crippen LogP contribution in [-0.2, 0) is 33.7 Å². The predicted molar refractivity (Wildman–Crippen MR) is 97.4 cm³/mol. The van der Waals surface area contributed by atoms with Gasteiger partial charge in [-0.1, -0.05) is 7.43 Å². The van der Waals surface area contributed by atoms with Gasteiger partial charge in [-0.2, -0.15) is 0 Å². The Balaban J connectivity index is 0.000000256. The third-order valence-electron chi connectivity index (χ3n) is 3.47. The van der Waals surface area contributed by atoms with E-state index in [4.69, 9.17) is 11.3 Å².